The van der Waals surface area contributed by atoms with Crippen molar-refractivity contribution in [2.45, 2.75) is 0 Å². The van der Waals surface area contributed by atoms with E-state index in [1.807, 2.05) is 24.3 Å². The number of likely N-dealkylation sites (N-methyl/N-ethyl adjacent to an activating group) is 1. The predicted molar refractivity (Wildman–Crippen MR) is 82.9 cm³/mol. The Kier molecular flexibility index (Phi) is 3.45. The van der Waals surface area contributed by atoms with E-state index < -0.39 is 16.2 Å². The summed E-state index contributed by atoms with van der Waals surface area (Å²) in [6, 6.07) is 7.41. The van der Waals surface area contributed by atoms with Crippen molar-refractivity contribution in [2.24, 2.45) is 4.40 Å². The van der Waals surface area contributed by atoms with Crippen molar-refractivity contribution >= 4 is 43.4 Å². The lowest BCUT2D eigenvalue weighted by Gasteiger charge is -2.21. The molecule has 0 aliphatic carbocycles. The third kappa shape index (κ3) is 2.38. The van der Waals surface area contributed by atoms with Crippen molar-refractivity contribution < 1.29 is 17.9 Å². The van der Waals surface area contributed by atoms with Crippen LogP contribution in [0.4, 0.5) is 0 Å². The van der Waals surface area contributed by atoms with Gasteiger partial charge in [-0.1, -0.05) is 12.1 Å². The lowest BCUT2D eigenvalue weighted by molar-refractivity contribution is -0.137. The number of benzene rings is 1. The Morgan fingerprint density at radius 3 is 2.73 bits per heavy atom. The van der Waals surface area contributed by atoms with Crippen molar-refractivity contribution in [3.8, 4) is 0 Å². The molecule has 0 saturated carbocycles. The minimum absolute atomic E-state index is 0.105. The van der Waals surface area contributed by atoms with Crippen LogP contribution in [-0.4, -0.2) is 43.5 Å². The number of methoxy groups -OCH3 is 1. The van der Waals surface area contributed by atoms with Crippen LogP contribution in [0.3, 0.4) is 0 Å². The summed E-state index contributed by atoms with van der Waals surface area (Å²) in [4.78, 5) is 16.1. The fourth-order valence-corrected chi connectivity index (χ4v) is 3.80. The van der Waals surface area contributed by atoms with Crippen LogP contribution >= 0.6 is 11.3 Å². The number of fused-ring (bicyclic) bond motifs is 1. The second kappa shape index (κ2) is 5.18. The molecule has 7 nitrogen and oxygen atoms in total. The number of hydrogen-bond acceptors (Lipinski definition) is 6. The number of carbonyl (C=O) groups excluding carboxylic acids is 1. The van der Waals surface area contributed by atoms with Crippen LogP contribution in [0, 0.1) is 0 Å². The minimum atomic E-state index is -3.98. The molecule has 1 aliphatic heterocycles. The lowest BCUT2D eigenvalue weighted by Crippen LogP contribution is -2.33. The average Bonchev–Trinajstić information content (AvgIpc) is 2.93. The van der Waals surface area contributed by atoms with Gasteiger partial charge in [0.15, 0.2) is 0 Å². The van der Waals surface area contributed by atoms with Crippen molar-refractivity contribution in [3.05, 3.63) is 41.0 Å². The Labute approximate surface area is 130 Å². The molecule has 0 fully saturated rings. The Bertz CT molecular complexity index is 895. The Hall–Kier alpha value is -2.26. The van der Waals surface area contributed by atoms with E-state index in [0.29, 0.717) is 5.01 Å². The van der Waals surface area contributed by atoms with Gasteiger partial charge in [-0.05, 0) is 18.2 Å². The first-order chi connectivity index (χ1) is 10.4. The molecule has 0 bridgehead atoms. The largest absolute Gasteiger partial charge is 0.464 e. The van der Waals surface area contributed by atoms with Gasteiger partial charge in [-0.25, -0.2) is 14.1 Å². The minimum Gasteiger partial charge on any atom is -0.464 e. The van der Waals surface area contributed by atoms with E-state index >= 15 is 0 Å². The van der Waals surface area contributed by atoms with Gasteiger partial charge in [-0.2, -0.15) is 8.42 Å². The van der Waals surface area contributed by atoms with E-state index in [2.05, 4.69) is 14.1 Å². The Morgan fingerprint density at radius 1 is 1.32 bits per heavy atom. The third-order valence-electron chi connectivity index (χ3n) is 3.08. The lowest BCUT2D eigenvalue weighted by atomic mass is 10.3. The molecular formula is C13H11N3O4S2. The van der Waals surface area contributed by atoms with E-state index in [1.165, 1.54) is 31.6 Å². The zero-order chi connectivity index (χ0) is 15.9. The second-order valence-electron chi connectivity index (χ2n) is 4.43. The number of esters is 1. The molecule has 3 rings (SSSR count). The molecule has 1 aliphatic rings. The van der Waals surface area contributed by atoms with Gasteiger partial charge in [-0.3, -0.25) is 0 Å². The standard InChI is InChI=1S/C13H11N3O4S2/c1-16-10(13(17)20-2)7-9(15-22(16,18)19)12-14-8-5-3-4-6-11(8)21-12/h3-7H,1-2H3. The maximum Gasteiger partial charge on any atom is 0.355 e. The number of nitrogens with zero attached hydrogens (tertiary/aromatic N) is 3. The number of rotatable bonds is 2. The van der Waals surface area contributed by atoms with Gasteiger partial charge in [0.05, 0.1) is 17.3 Å². The van der Waals surface area contributed by atoms with E-state index in [0.717, 1.165) is 14.5 Å². The van der Waals surface area contributed by atoms with E-state index in [-0.39, 0.29) is 11.4 Å². The monoisotopic (exact) mass is 337 g/mol. The summed E-state index contributed by atoms with van der Waals surface area (Å²) in [5.74, 6) is -0.750. The van der Waals surface area contributed by atoms with Crippen LogP contribution in [-0.2, 0) is 19.7 Å². The van der Waals surface area contributed by atoms with Crippen LogP contribution in [0.2, 0.25) is 0 Å². The van der Waals surface area contributed by atoms with Gasteiger partial charge < -0.3 is 4.74 Å². The summed E-state index contributed by atoms with van der Waals surface area (Å²) >= 11 is 1.31. The van der Waals surface area contributed by atoms with Gasteiger partial charge in [0.1, 0.15) is 16.4 Å². The smallest absolute Gasteiger partial charge is 0.355 e. The maximum atomic E-state index is 12.1. The SMILES string of the molecule is COC(=O)C1=CC(c2nc3ccccc3s2)=NS(=O)(=O)N1C. The summed E-state index contributed by atoms with van der Waals surface area (Å²) in [6.45, 7) is 0. The Morgan fingerprint density at radius 2 is 2.05 bits per heavy atom. The fourth-order valence-electron chi connectivity index (χ4n) is 1.93. The number of carbonyl (C=O) groups is 1. The molecule has 0 N–H and O–H groups in total. The highest BCUT2D eigenvalue weighted by atomic mass is 32.2. The second-order valence-corrected chi connectivity index (χ2v) is 7.09. The molecular weight excluding hydrogens is 326 g/mol. The van der Waals surface area contributed by atoms with Crippen molar-refractivity contribution in [1.29, 1.82) is 0 Å². The van der Waals surface area contributed by atoms with E-state index in [9.17, 15) is 13.2 Å². The molecule has 0 saturated heterocycles. The van der Waals surface area contributed by atoms with Crippen LogP contribution in [0.15, 0.2) is 40.4 Å². The summed E-state index contributed by atoms with van der Waals surface area (Å²) < 4.78 is 34.2. The van der Waals surface area contributed by atoms with Crippen molar-refractivity contribution in [1.82, 2.24) is 9.29 Å². The van der Waals surface area contributed by atoms with Gasteiger partial charge in [0.25, 0.3) is 0 Å². The Balaban J connectivity index is 2.16. The first-order valence-corrected chi connectivity index (χ1v) is 8.38. The van der Waals surface area contributed by atoms with Gasteiger partial charge in [0.2, 0.25) is 0 Å². The molecule has 0 amide bonds. The number of thiazole rings is 1. The number of hydrogen-bond donors (Lipinski definition) is 0. The molecule has 0 unspecified atom stereocenters. The normalized spacial score (nSPS) is 17.1. The molecule has 22 heavy (non-hydrogen) atoms. The molecule has 114 valence electrons. The summed E-state index contributed by atoms with van der Waals surface area (Å²) in [6.07, 6.45) is 1.37. The first kappa shape index (κ1) is 14.7. The number of ether oxygens (including phenoxy) is 1. The van der Waals surface area contributed by atoms with Gasteiger partial charge >= 0.3 is 16.2 Å². The van der Waals surface area contributed by atoms with Gasteiger partial charge in [-0.15, -0.1) is 15.7 Å². The number of para-hydroxylation sites is 1. The zero-order valence-electron chi connectivity index (χ0n) is 11.7. The fraction of sp³-hybridized carbons (Fsp3) is 0.154. The molecule has 0 radical (unpaired) electrons. The van der Waals surface area contributed by atoms with Crippen molar-refractivity contribution in [3.63, 3.8) is 0 Å². The topological polar surface area (TPSA) is 88.9 Å². The highest BCUT2D eigenvalue weighted by Crippen LogP contribution is 2.26. The number of allylic oxidation sites excluding steroid dienone is 1. The quantitative estimate of drug-likeness (QED) is 0.771. The average molecular weight is 337 g/mol. The van der Waals surface area contributed by atoms with E-state index in [4.69, 9.17) is 0 Å². The summed E-state index contributed by atoms with van der Waals surface area (Å²) in [5, 5.41) is 0.430. The first-order valence-electron chi connectivity index (χ1n) is 6.17. The molecule has 1 aromatic heterocycles. The molecule has 9 heteroatoms. The highest BCUT2D eigenvalue weighted by Gasteiger charge is 2.31. The van der Waals surface area contributed by atoms with Crippen molar-refractivity contribution in [2.75, 3.05) is 14.2 Å². The van der Waals surface area contributed by atoms with E-state index in [1.54, 1.807) is 0 Å². The molecule has 0 spiro atoms. The van der Waals surface area contributed by atoms with Crippen LogP contribution in [0.5, 0.6) is 0 Å². The summed E-state index contributed by atoms with van der Waals surface area (Å²) in [7, 11) is -1.55. The molecule has 2 heterocycles. The molecule has 1 aromatic carbocycles. The van der Waals surface area contributed by atoms with Crippen LogP contribution in [0.25, 0.3) is 10.2 Å². The molecule has 0 atom stereocenters. The highest BCUT2D eigenvalue weighted by molar-refractivity contribution is 7.88. The molecule has 2 aromatic rings. The predicted octanol–water partition coefficient (Wildman–Crippen LogP) is 1.33. The summed E-state index contributed by atoms with van der Waals surface area (Å²) in [5.41, 5.74) is 0.765. The van der Waals surface area contributed by atoms with Crippen LogP contribution < -0.4 is 0 Å². The zero-order valence-corrected chi connectivity index (χ0v) is 13.3. The van der Waals surface area contributed by atoms with Crippen LogP contribution in [0.1, 0.15) is 5.01 Å². The number of aromatic nitrogens is 1. The third-order valence-corrected chi connectivity index (χ3v) is 5.46. The van der Waals surface area contributed by atoms with Gasteiger partial charge in [0, 0.05) is 7.05 Å². The maximum absolute atomic E-state index is 12.1.